The Hall–Kier alpha value is -1.38. The number of carbonyl (C=O) groups is 1. The number of nitrogens with one attached hydrogen (secondary N) is 3. The molecule has 5 nitrogen and oxygen atoms in total. The molecule has 1 aromatic carbocycles. The van der Waals surface area contributed by atoms with E-state index in [4.69, 9.17) is 0 Å². The Balaban J connectivity index is 0.00000312. The van der Waals surface area contributed by atoms with Gasteiger partial charge in [-0.2, -0.15) is 0 Å². The summed E-state index contributed by atoms with van der Waals surface area (Å²) < 4.78 is 13.1. The number of guanidine groups is 1. The van der Waals surface area contributed by atoms with E-state index < -0.39 is 0 Å². The number of halogens is 2. The summed E-state index contributed by atoms with van der Waals surface area (Å²) in [7, 11) is 0. The molecule has 7 heteroatoms. The number of nitrogens with zero attached hydrogens (tertiary/aromatic N) is 1. The number of amides is 1. The van der Waals surface area contributed by atoms with Gasteiger partial charge in [-0.3, -0.25) is 4.79 Å². The van der Waals surface area contributed by atoms with Crippen LogP contribution in [0.5, 0.6) is 0 Å². The SMILES string of the molecule is CCNC(=NCC(=O)Nc1cccc(F)c1)NC1CCC(C)CC1.I. The van der Waals surface area contributed by atoms with Crippen molar-refractivity contribution in [3.8, 4) is 0 Å². The van der Waals surface area contributed by atoms with Crippen LogP contribution >= 0.6 is 24.0 Å². The summed E-state index contributed by atoms with van der Waals surface area (Å²) in [4.78, 5) is 16.3. The number of benzene rings is 1. The zero-order chi connectivity index (χ0) is 17.4. The van der Waals surface area contributed by atoms with E-state index in [0.717, 1.165) is 25.3 Å². The lowest BCUT2D eigenvalue weighted by Crippen LogP contribution is -2.45. The molecule has 0 heterocycles. The van der Waals surface area contributed by atoms with Crippen LogP contribution in [0.1, 0.15) is 39.5 Å². The highest BCUT2D eigenvalue weighted by atomic mass is 127. The molecule has 0 bridgehead atoms. The lowest BCUT2D eigenvalue weighted by molar-refractivity contribution is -0.114. The van der Waals surface area contributed by atoms with Crippen LogP contribution < -0.4 is 16.0 Å². The van der Waals surface area contributed by atoms with Gasteiger partial charge in [-0.15, -0.1) is 24.0 Å². The smallest absolute Gasteiger partial charge is 0.246 e. The molecule has 3 N–H and O–H groups in total. The van der Waals surface area contributed by atoms with Crippen molar-refractivity contribution in [2.45, 2.75) is 45.6 Å². The molecule has 1 saturated carbocycles. The van der Waals surface area contributed by atoms with Crippen LogP contribution in [-0.2, 0) is 4.79 Å². The van der Waals surface area contributed by atoms with Gasteiger partial charge in [0, 0.05) is 18.3 Å². The molecule has 1 aromatic rings. The summed E-state index contributed by atoms with van der Waals surface area (Å²) in [5, 5.41) is 9.22. The van der Waals surface area contributed by atoms with E-state index in [1.807, 2.05) is 6.92 Å². The van der Waals surface area contributed by atoms with Gasteiger partial charge in [0.1, 0.15) is 12.4 Å². The fourth-order valence-corrected chi connectivity index (χ4v) is 2.84. The molecule has 0 unspecified atom stereocenters. The molecule has 1 aliphatic carbocycles. The molecule has 0 atom stereocenters. The highest BCUT2D eigenvalue weighted by molar-refractivity contribution is 14.0. The fourth-order valence-electron chi connectivity index (χ4n) is 2.84. The van der Waals surface area contributed by atoms with E-state index in [1.54, 1.807) is 12.1 Å². The lowest BCUT2D eigenvalue weighted by Gasteiger charge is -2.28. The number of aliphatic imine (C=N–C) groups is 1. The van der Waals surface area contributed by atoms with Gasteiger partial charge >= 0.3 is 0 Å². The minimum atomic E-state index is -0.377. The van der Waals surface area contributed by atoms with Gasteiger partial charge in [-0.1, -0.05) is 13.0 Å². The van der Waals surface area contributed by atoms with Crippen LogP contribution in [0.2, 0.25) is 0 Å². The normalized spacial score (nSPS) is 20.4. The predicted octanol–water partition coefficient (Wildman–Crippen LogP) is 3.52. The van der Waals surface area contributed by atoms with Crippen LogP contribution in [0.3, 0.4) is 0 Å². The van der Waals surface area contributed by atoms with E-state index in [2.05, 4.69) is 27.9 Å². The maximum Gasteiger partial charge on any atom is 0.246 e. The molecular weight excluding hydrogens is 434 g/mol. The van der Waals surface area contributed by atoms with Crippen LogP contribution in [-0.4, -0.2) is 31.0 Å². The number of rotatable bonds is 5. The van der Waals surface area contributed by atoms with Crippen molar-refractivity contribution < 1.29 is 9.18 Å². The first-order valence-corrected chi connectivity index (χ1v) is 8.67. The molecule has 0 spiro atoms. The van der Waals surface area contributed by atoms with Gasteiger partial charge in [-0.25, -0.2) is 9.38 Å². The molecule has 0 aliphatic heterocycles. The third-order valence-corrected chi connectivity index (χ3v) is 4.19. The van der Waals surface area contributed by atoms with Gasteiger partial charge in [0.15, 0.2) is 5.96 Å². The van der Waals surface area contributed by atoms with E-state index in [-0.39, 0.29) is 42.2 Å². The van der Waals surface area contributed by atoms with Gasteiger partial charge in [0.25, 0.3) is 0 Å². The Morgan fingerprint density at radius 2 is 2.00 bits per heavy atom. The van der Waals surface area contributed by atoms with Crippen molar-refractivity contribution in [2.24, 2.45) is 10.9 Å². The Kier molecular flexibility index (Phi) is 9.77. The first-order chi connectivity index (χ1) is 11.6. The van der Waals surface area contributed by atoms with Crippen molar-refractivity contribution >= 4 is 41.5 Å². The average Bonchev–Trinajstić information content (AvgIpc) is 2.55. The summed E-state index contributed by atoms with van der Waals surface area (Å²) in [6.45, 7) is 5.01. The summed E-state index contributed by atoms with van der Waals surface area (Å²) >= 11 is 0. The van der Waals surface area contributed by atoms with E-state index in [1.165, 1.54) is 25.0 Å². The molecule has 0 aromatic heterocycles. The number of carbonyl (C=O) groups excluding carboxylic acids is 1. The Morgan fingerprint density at radius 1 is 1.28 bits per heavy atom. The van der Waals surface area contributed by atoms with Crippen molar-refractivity contribution in [1.29, 1.82) is 0 Å². The van der Waals surface area contributed by atoms with Gasteiger partial charge < -0.3 is 16.0 Å². The summed E-state index contributed by atoms with van der Waals surface area (Å²) in [5.74, 6) is 0.805. The van der Waals surface area contributed by atoms with Crippen molar-refractivity contribution in [3.05, 3.63) is 30.1 Å². The third-order valence-electron chi connectivity index (χ3n) is 4.19. The second-order valence-electron chi connectivity index (χ2n) is 6.35. The van der Waals surface area contributed by atoms with Crippen LogP contribution in [0, 0.1) is 11.7 Å². The first kappa shape index (κ1) is 21.7. The summed E-state index contributed by atoms with van der Waals surface area (Å²) in [6, 6.07) is 6.24. The summed E-state index contributed by atoms with van der Waals surface area (Å²) in [5.41, 5.74) is 0.439. The third kappa shape index (κ3) is 8.02. The predicted molar refractivity (Wildman–Crippen MR) is 111 cm³/mol. The van der Waals surface area contributed by atoms with Crippen LogP contribution in [0.4, 0.5) is 10.1 Å². The van der Waals surface area contributed by atoms with Crippen LogP contribution in [0.25, 0.3) is 0 Å². The molecule has 140 valence electrons. The standard InChI is InChI=1S/C18H27FN4O.HI/c1-3-20-18(23-15-9-7-13(2)8-10-15)21-12-17(24)22-16-6-4-5-14(19)11-16;/h4-6,11,13,15H,3,7-10,12H2,1-2H3,(H,22,24)(H2,20,21,23);1H. The number of anilines is 1. The monoisotopic (exact) mass is 462 g/mol. The average molecular weight is 462 g/mol. The van der Waals surface area contributed by atoms with Crippen molar-refractivity contribution in [2.75, 3.05) is 18.4 Å². The summed E-state index contributed by atoms with van der Waals surface area (Å²) in [6.07, 6.45) is 4.69. The highest BCUT2D eigenvalue weighted by Crippen LogP contribution is 2.23. The zero-order valence-corrected chi connectivity index (χ0v) is 17.2. The van der Waals surface area contributed by atoms with Gasteiger partial charge in [0.2, 0.25) is 5.91 Å². The van der Waals surface area contributed by atoms with Crippen molar-refractivity contribution in [3.63, 3.8) is 0 Å². The lowest BCUT2D eigenvalue weighted by atomic mass is 9.87. The molecule has 1 aliphatic rings. The number of hydrogen-bond donors (Lipinski definition) is 3. The first-order valence-electron chi connectivity index (χ1n) is 8.67. The topological polar surface area (TPSA) is 65.5 Å². The molecule has 1 amide bonds. The van der Waals surface area contributed by atoms with Gasteiger partial charge in [0.05, 0.1) is 0 Å². The maximum atomic E-state index is 13.1. The minimum absolute atomic E-state index is 0. The molecule has 2 rings (SSSR count). The highest BCUT2D eigenvalue weighted by Gasteiger charge is 2.18. The molecule has 1 fully saturated rings. The molecule has 0 saturated heterocycles. The molecule has 25 heavy (non-hydrogen) atoms. The second-order valence-corrected chi connectivity index (χ2v) is 6.35. The second kappa shape index (κ2) is 11.3. The molecule has 0 radical (unpaired) electrons. The quantitative estimate of drug-likeness (QED) is 0.357. The van der Waals surface area contributed by atoms with Gasteiger partial charge in [-0.05, 0) is 56.7 Å². The van der Waals surface area contributed by atoms with Crippen LogP contribution in [0.15, 0.2) is 29.3 Å². The largest absolute Gasteiger partial charge is 0.357 e. The minimum Gasteiger partial charge on any atom is -0.357 e. The van der Waals surface area contributed by atoms with E-state index in [0.29, 0.717) is 17.7 Å². The molecular formula is C18H28FIN4O. The zero-order valence-electron chi connectivity index (χ0n) is 14.8. The fraction of sp³-hybridized carbons (Fsp3) is 0.556. The Morgan fingerprint density at radius 3 is 2.64 bits per heavy atom. The Bertz CT molecular complexity index is 574. The maximum absolute atomic E-state index is 13.1. The Labute approximate surface area is 166 Å². The van der Waals surface area contributed by atoms with Crippen molar-refractivity contribution in [1.82, 2.24) is 10.6 Å². The van der Waals surface area contributed by atoms with E-state index >= 15 is 0 Å². The van der Waals surface area contributed by atoms with E-state index in [9.17, 15) is 9.18 Å². The number of hydrogen-bond acceptors (Lipinski definition) is 2.